The molecule has 178 valence electrons. The van der Waals surface area contributed by atoms with Crippen molar-refractivity contribution >= 4 is 57.3 Å². The number of halogens is 1. The van der Waals surface area contributed by atoms with E-state index < -0.39 is 11.9 Å². The van der Waals surface area contributed by atoms with Crippen LogP contribution in [0.25, 0.3) is 16.8 Å². The van der Waals surface area contributed by atoms with Crippen LogP contribution in [0.2, 0.25) is 0 Å². The largest absolute Gasteiger partial charge is 0.490 e. The molecule has 0 radical (unpaired) electrons. The van der Waals surface area contributed by atoms with Gasteiger partial charge in [-0.3, -0.25) is 0 Å². The van der Waals surface area contributed by atoms with E-state index in [1.54, 1.807) is 42.5 Å². The maximum Gasteiger partial charge on any atom is 0.363 e. The molecule has 0 bridgehead atoms. The smallest absolute Gasteiger partial charge is 0.363 e. The van der Waals surface area contributed by atoms with Gasteiger partial charge in [0.2, 0.25) is 5.90 Å². The van der Waals surface area contributed by atoms with Gasteiger partial charge in [-0.1, -0.05) is 48.5 Å². The van der Waals surface area contributed by atoms with Crippen molar-refractivity contribution in [3.05, 3.63) is 111 Å². The topological polar surface area (TPSA) is 74.2 Å². The first-order chi connectivity index (χ1) is 17.5. The van der Waals surface area contributed by atoms with Gasteiger partial charge >= 0.3 is 11.9 Å². The summed E-state index contributed by atoms with van der Waals surface area (Å²) in [5.41, 5.74) is 1.99. The molecule has 7 heteroatoms. The van der Waals surface area contributed by atoms with E-state index in [-0.39, 0.29) is 11.6 Å². The molecule has 0 N–H and O–H groups in total. The van der Waals surface area contributed by atoms with Crippen LogP contribution >= 0.6 is 22.6 Å². The molecule has 0 amide bonds. The summed E-state index contributed by atoms with van der Waals surface area (Å²) in [6, 6.07) is 26.0. The van der Waals surface area contributed by atoms with Crippen LogP contribution in [-0.2, 0) is 9.53 Å². The Labute approximate surface area is 221 Å². The van der Waals surface area contributed by atoms with Crippen LogP contribution in [-0.4, -0.2) is 24.4 Å². The van der Waals surface area contributed by atoms with Gasteiger partial charge in [-0.25, -0.2) is 14.6 Å². The Kier molecular flexibility index (Phi) is 6.81. The molecule has 4 aromatic rings. The van der Waals surface area contributed by atoms with Gasteiger partial charge < -0.3 is 14.2 Å². The van der Waals surface area contributed by atoms with E-state index in [2.05, 4.69) is 27.6 Å². The molecule has 0 unspecified atom stereocenters. The molecular formula is C29H20INO5. The van der Waals surface area contributed by atoms with E-state index >= 15 is 0 Å². The van der Waals surface area contributed by atoms with Gasteiger partial charge in [0.25, 0.3) is 0 Å². The third-order valence-corrected chi connectivity index (χ3v) is 6.26. The lowest BCUT2D eigenvalue weighted by atomic mass is 10.1. The summed E-state index contributed by atoms with van der Waals surface area (Å²) in [6.07, 6.45) is 1.63. The summed E-state index contributed by atoms with van der Waals surface area (Å²) < 4.78 is 17.5. The maximum atomic E-state index is 12.6. The summed E-state index contributed by atoms with van der Waals surface area (Å²) in [6.45, 7) is 2.22. The third kappa shape index (κ3) is 5.01. The van der Waals surface area contributed by atoms with Crippen LogP contribution in [0.5, 0.6) is 11.5 Å². The van der Waals surface area contributed by atoms with E-state index in [1.165, 1.54) is 0 Å². The van der Waals surface area contributed by atoms with Crippen molar-refractivity contribution in [2.75, 3.05) is 6.61 Å². The Hall–Kier alpha value is -3.98. The fraction of sp³-hybridized carbons (Fsp3) is 0.0690. The Morgan fingerprint density at radius 1 is 0.972 bits per heavy atom. The lowest BCUT2D eigenvalue weighted by Gasteiger charge is -2.13. The highest BCUT2D eigenvalue weighted by Crippen LogP contribution is 2.36. The fourth-order valence-electron chi connectivity index (χ4n) is 3.77. The Morgan fingerprint density at radius 2 is 1.72 bits per heavy atom. The van der Waals surface area contributed by atoms with E-state index in [0.717, 1.165) is 16.3 Å². The van der Waals surface area contributed by atoms with Gasteiger partial charge in [0, 0.05) is 5.56 Å². The fourth-order valence-corrected chi connectivity index (χ4v) is 4.51. The van der Waals surface area contributed by atoms with Crippen molar-refractivity contribution in [3.8, 4) is 11.5 Å². The predicted molar refractivity (Wildman–Crippen MR) is 146 cm³/mol. The van der Waals surface area contributed by atoms with Crippen molar-refractivity contribution < 1.29 is 23.8 Å². The van der Waals surface area contributed by atoms with Crippen LogP contribution in [0.1, 0.15) is 28.4 Å². The zero-order chi connectivity index (χ0) is 25.1. The molecule has 1 heterocycles. The number of hydrogen-bond acceptors (Lipinski definition) is 6. The number of rotatable bonds is 6. The second-order valence-electron chi connectivity index (χ2n) is 7.92. The summed E-state index contributed by atoms with van der Waals surface area (Å²) in [5.74, 6) is -0.0474. The Balaban J connectivity index is 1.45. The van der Waals surface area contributed by atoms with Gasteiger partial charge in [-0.2, -0.15) is 0 Å². The van der Waals surface area contributed by atoms with Crippen molar-refractivity contribution in [1.82, 2.24) is 0 Å². The highest BCUT2D eigenvalue weighted by Gasteiger charge is 2.25. The van der Waals surface area contributed by atoms with Crippen molar-refractivity contribution in [3.63, 3.8) is 0 Å². The molecule has 0 saturated heterocycles. The maximum absolute atomic E-state index is 12.6. The molecular weight excluding hydrogens is 569 g/mol. The van der Waals surface area contributed by atoms with Gasteiger partial charge in [-0.15, -0.1) is 0 Å². The number of cyclic esters (lactones) is 1. The monoisotopic (exact) mass is 589 g/mol. The average Bonchev–Trinajstić information content (AvgIpc) is 3.26. The highest BCUT2D eigenvalue weighted by molar-refractivity contribution is 14.1. The quantitative estimate of drug-likeness (QED) is 0.113. The van der Waals surface area contributed by atoms with E-state index in [4.69, 9.17) is 14.2 Å². The number of carbonyl (C=O) groups excluding carboxylic acids is 2. The van der Waals surface area contributed by atoms with Crippen molar-refractivity contribution in [2.45, 2.75) is 6.92 Å². The van der Waals surface area contributed by atoms with Gasteiger partial charge in [0.1, 0.15) is 0 Å². The zero-order valence-corrected chi connectivity index (χ0v) is 21.4. The van der Waals surface area contributed by atoms with E-state index in [9.17, 15) is 9.59 Å². The molecule has 0 aromatic heterocycles. The second-order valence-corrected chi connectivity index (χ2v) is 9.08. The van der Waals surface area contributed by atoms with Crippen LogP contribution in [0.3, 0.4) is 0 Å². The first-order valence-electron chi connectivity index (χ1n) is 11.3. The average molecular weight is 589 g/mol. The Morgan fingerprint density at radius 3 is 2.50 bits per heavy atom. The summed E-state index contributed by atoms with van der Waals surface area (Å²) in [7, 11) is 0. The first-order valence-corrected chi connectivity index (χ1v) is 12.3. The van der Waals surface area contributed by atoms with Crippen molar-refractivity contribution in [2.24, 2.45) is 4.99 Å². The first kappa shape index (κ1) is 23.7. The second kappa shape index (κ2) is 10.3. The third-order valence-electron chi connectivity index (χ3n) is 5.46. The summed E-state index contributed by atoms with van der Waals surface area (Å²) >= 11 is 2.08. The number of fused-ring (bicyclic) bond motifs is 1. The number of ether oxygens (including phenoxy) is 3. The molecule has 5 rings (SSSR count). The standard InChI is InChI=1S/C29H20INO5/c1-2-34-25-16-18(14-23(30)26(25)35-28(32)20-9-4-3-5-10-20)15-24-29(33)36-27(31-24)22-13-12-19-8-6-7-11-21(19)17-22/h3-17H,2H2,1H3/b24-15-. The number of benzene rings is 4. The normalized spacial score (nSPS) is 14.0. The summed E-state index contributed by atoms with van der Waals surface area (Å²) in [4.78, 5) is 29.6. The minimum absolute atomic E-state index is 0.172. The van der Waals surface area contributed by atoms with Crippen molar-refractivity contribution in [1.29, 1.82) is 0 Å². The molecule has 0 atom stereocenters. The van der Waals surface area contributed by atoms with Gasteiger partial charge in [0.05, 0.1) is 15.7 Å². The van der Waals surface area contributed by atoms with Crippen LogP contribution in [0.15, 0.2) is 95.6 Å². The molecule has 0 spiro atoms. The van der Waals surface area contributed by atoms with Crippen LogP contribution in [0.4, 0.5) is 0 Å². The lowest BCUT2D eigenvalue weighted by molar-refractivity contribution is -0.129. The Bertz CT molecular complexity index is 1540. The number of carbonyl (C=O) groups is 2. The summed E-state index contributed by atoms with van der Waals surface area (Å²) in [5, 5.41) is 2.12. The van der Waals surface area contributed by atoms with E-state index in [0.29, 0.717) is 32.8 Å². The lowest BCUT2D eigenvalue weighted by Crippen LogP contribution is -2.10. The SMILES string of the molecule is CCOc1cc(/C=C2\N=C(c3ccc4ccccc4c3)OC2=O)cc(I)c1OC(=O)c1ccccc1. The molecule has 6 nitrogen and oxygen atoms in total. The van der Waals surface area contributed by atoms with E-state index in [1.807, 2.05) is 55.5 Å². The number of hydrogen-bond donors (Lipinski definition) is 0. The minimum atomic E-state index is -0.536. The molecule has 1 aliphatic heterocycles. The minimum Gasteiger partial charge on any atom is -0.490 e. The molecule has 0 fully saturated rings. The predicted octanol–water partition coefficient (Wildman–Crippen LogP) is 6.41. The van der Waals surface area contributed by atoms with Gasteiger partial charge in [0.15, 0.2) is 17.2 Å². The molecule has 0 saturated carbocycles. The molecule has 1 aliphatic rings. The van der Waals surface area contributed by atoms with Crippen LogP contribution < -0.4 is 9.47 Å². The number of nitrogens with zero attached hydrogens (tertiary/aromatic N) is 1. The van der Waals surface area contributed by atoms with Crippen LogP contribution in [0, 0.1) is 3.57 Å². The molecule has 0 aliphatic carbocycles. The zero-order valence-electron chi connectivity index (χ0n) is 19.2. The van der Waals surface area contributed by atoms with Gasteiger partial charge in [-0.05, 0) is 88.3 Å². The highest BCUT2D eigenvalue weighted by atomic mass is 127. The molecule has 36 heavy (non-hydrogen) atoms. The number of aliphatic imine (C=N–C) groups is 1. The molecule has 4 aromatic carbocycles. The number of esters is 2.